The average Bonchev–Trinajstić information content (AvgIpc) is 3.16. The molecular weight excluding hydrogens is 416 g/mol. The lowest BCUT2D eigenvalue weighted by atomic mass is 9.95. The molecule has 3 aromatic rings. The predicted molar refractivity (Wildman–Crippen MR) is 117 cm³/mol. The number of sulfonamides is 1. The second kappa shape index (κ2) is 8.16. The zero-order valence-electron chi connectivity index (χ0n) is 17.4. The molecule has 0 aliphatic heterocycles. The van der Waals surface area contributed by atoms with Crippen molar-refractivity contribution in [3.63, 3.8) is 0 Å². The maximum absolute atomic E-state index is 12.8. The van der Waals surface area contributed by atoms with Crippen molar-refractivity contribution >= 4 is 32.7 Å². The van der Waals surface area contributed by atoms with Crippen LogP contribution in [0.5, 0.6) is 0 Å². The Bertz CT molecular complexity index is 1280. The van der Waals surface area contributed by atoms with E-state index >= 15 is 0 Å². The van der Waals surface area contributed by atoms with E-state index in [0.717, 1.165) is 40.9 Å². The second-order valence-corrected chi connectivity index (χ2v) is 9.89. The molecule has 0 saturated carbocycles. The molecule has 0 bridgehead atoms. The first-order valence-corrected chi connectivity index (χ1v) is 11.5. The van der Waals surface area contributed by atoms with Crippen LogP contribution in [0.15, 0.2) is 47.4 Å². The summed E-state index contributed by atoms with van der Waals surface area (Å²) in [5, 5.41) is 1.04. The van der Waals surface area contributed by atoms with E-state index in [4.69, 9.17) is 0 Å². The number of hydrogen-bond donors (Lipinski definition) is 3. The summed E-state index contributed by atoms with van der Waals surface area (Å²) in [6, 6.07) is 11.2. The quantitative estimate of drug-likeness (QED) is 0.541. The maximum atomic E-state index is 12.8. The molecule has 2 amide bonds. The Labute approximate surface area is 180 Å². The molecule has 0 unspecified atom stereocenters. The third-order valence-corrected chi connectivity index (χ3v) is 7.35. The zero-order chi connectivity index (χ0) is 22.2. The number of aromatic nitrogens is 1. The van der Waals surface area contributed by atoms with Crippen molar-refractivity contribution in [1.82, 2.24) is 20.1 Å². The number of benzene rings is 2. The summed E-state index contributed by atoms with van der Waals surface area (Å²) in [4.78, 5) is 28.7. The molecule has 8 nitrogen and oxygen atoms in total. The normalized spacial score (nSPS) is 13.8. The number of nitrogens with zero attached hydrogens (tertiary/aromatic N) is 1. The van der Waals surface area contributed by atoms with E-state index in [2.05, 4.69) is 15.8 Å². The van der Waals surface area contributed by atoms with Gasteiger partial charge in [0.25, 0.3) is 11.8 Å². The minimum atomic E-state index is -3.67. The lowest BCUT2D eigenvalue weighted by Crippen LogP contribution is -2.41. The van der Waals surface area contributed by atoms with E-state index in [9.17, 15) is 18.0 Å². The molecule has 0 fully saturated rings. The van der Waals surface area contributed by atoms with Crippen molar-refractivity contribution in [1.29, 1.82) is 0 Å². The summed E-state index contributed by atoms with van der Waals surface area (Å²) in [6.45, 7) is 0. The van der Waals surface area contributed by atoms with Crippen LogP contribution in [0.1, 0.15) is 44.8 Å². The van der Waals surface area contributed by atoms with Gasteiger partial charge in [0.1, 0.15) is 0 Å². The van der Waals surface area contributed by atoms with Gasteiger partial charge in [0.15, 0.2) is 0 Å². The van der Waals surface area contributed by atoms with Gasteiger partial charge >= 0.3 is 0 Å². The first-order chi connectivity index (χ1) is 14.8. The van der Waals surface area contributed by atoms with Gasteiger partial charge in [0.2, 0.25) is 10.0 Å². The number of carbonyl (C=O) groups is 2. The minimum absolute atomic E-state index is 0.00166. The lowest BCUT2D eigenvalue weighted by Gasteiger charge is -2.12. The van der Waals surface area contributed by atoms with Crippen LogP contribution >= 0.6 is 0 Å². The number of hydrogen-bond acceptors (Lipinski definition) is 4. The fourth-order valence-corrected chi connectivity index (χ4v) is 4.83. The molecule has 9 heteroatoms. The van der Waals surface area contributed by atoms with Crippen LogP contribution in [0.3, 0.4) is 0 Å². The van der Waals surface area contributed by atoms with Gasteiger partial charge in [0, 0.05) is 30.7 Å². The molecule has 3 N–H and O–H groups in total. The van der Waals surface area contributed by atoms with E-state index in [1.165, 1.54) is 49.6 Å². The molecule has 0 saturated heterocycles. The molecule has 1 aliphatic rings. The highest BCUT2D eigenvalue weighted by Crippen LogP contribution is 2.30. The van der Waals surface area contributed by atoms with Crippen LogP contribution in [0, 0.1) is 0 Å². The van der Waals surface area contributed by atoms with Crippen molar-refractivity contribution in [3.05, 3.63) is 64.8 Å². The molecule has 1 aromatic heterocycles. The van der Waals surface area contributed by atoms with E-state index in [0.29, 0.717) is 5.56 Å². The van der Waals surface area contributed by atoms with Gasteiger partial charge in [-0.2, -0.15) is 0 Å². The Morgan fingerprint density at radius 1 is 0.968 bits per heavy atom. The van der Waals surface area contributed by atoms with Crippen molar-refractivity contribution < 1.29 is 18.0 Å². The van der Waals surface area contributed by atoms with Gasteiger partial charge in [-0.15, -0.1) is 0 Å². The summed E-state index contributed by atoms with van der Waals surface area (Å²) in [6.07, 6.45) is 4.21. The first-order valence-electron chi connectivity index (χ1n) is 10.0. The molecule has 2 aromatic carbocycles. The molecule has 0 spiro atoms. The van der Waals surface area contributed by atoms with Gasteiger partial charge in [-0.25, -0.2) is 12.7 Å². The highest BCUT2D eigenvalue weighted by atomic mass is 32.2. The van der Waals surface area contributed by atoms with E-state index in [1.54, 1.807) is 6.07 Å². The third kappa shape index (κ3) is 3.94. The number of hydrazine groups is 1. The number of fused-ring (bicyclic) bond motifs is 3. The molecular formula is C22H24N4O4S. The van der Waals surface area contributed by atoms with Crippen molar-refractivity contribution in [2.75, 3.05) is 14.1 Å². The monoisotopic (exact) mass is 440 g/mol. The van der Waals surface area contributed by atoms with Crippen molar-refractivity contribution in [2.24, 2.45) is 0 Å². The minimum Gasteiger partial charge on any atom is -0.358 e. The fourth-order valence-electron chi connectivity index (χ4n) is 3.88. The van der Waals surface area contributed by atoms with Gasteiger partial charge in [-0.05, 0) is 55.5 Å². The average molecular weight is 441 g/mol. The molecule has 0 atom stereocenters. The highest BCUT2D eigenvalue weighted by Gasteiger charge is 2.21. The fraction of sp³-hybridized carbons (Fsp3) is 0.273. The smallest absolute Gasteiger partial charge is 0.271 e. The Kier molecular flexibility index (Phi) is 5.55. The molecule has 162 valence electrons. The number of aryl methyl sites for hydroxylation is 2. The van der Waals surface area contributed by atoms with E-state index < -0.39 is 21.8 Å². The number of para-hydroxylation sites is 1. The van der Waals surface area contributed by atoms with Crippen molar-refractivity contribution in [3.8, 4) is 0 Å². The number of H-pyrrole nitrogens is 1. The van der Waals surface area contributed by atoms with Crippen LogP contribution in [-0.2, 0) is 22.9 Å². The van der Waals surface area contributed by atoms with Gasteiger partial charge in [-0.3, -0.25) is 20.4 Å². The number of aromatic amines is 1. The van der Waals surface area contributed by atoms with Gasteiger partial charge in [0.05, 0.1) is 16.0 Å². The molecule has 1 heterocycles. The van der Waals surface area contributed by atoms with Gasteiger partial charge in [-0.1, -0.05) is 18.2 Å². The summed E-state index contributed by atoms with van der Waals surface area (Å²) in [5.41, 5.74) is 8.56. The molecule has 0 radical (unpaired) electrons. The third-order valence-electron chi connectivity index (χ3n) is 5.54. The molecule has 31 heavy (non-hydrogen) atoms. The van der Waals surface area contributed by atoms with E-state index in [1.807, 2.05) is 12.1 Å². The maximum Gasteiger partial charge on any atom is 0.271 e. The van der Waals surface area contributed by atoms with Crippen LogP contribution in [0.25, 0.3) is 10.9 Å². The standard InChI is InChI=1S/C22H24N4O4S/c1-26(2)31(29,30)15-8-5-7-14(13-15)21(27)24-25-22(28)18-11-6-10-17-16-9-3-4-12-19(16)23-20(17)18/h5-8,10-11,13,23H,3-4,9,12H2,1-2H3,(H,24,27)(H,25,28). The molecule has 4 rings (SSSR count). The zero-order valence-corrected chi connectivity index (χ0v) is 18.2. The Balaban J connectivity index is 1.52. The summed E-state index contributed by atoms with van der Waals surface area (Å²) in [7, 11) is -0.835. The highest BCUT2D eigenvalue weighted by molar-refractivity contribution is 7.89. The molecule has 1 aliphatic carbocycles. The summed E-state index contributed by atoms with van der Waals surface area (Å²) < 4.78 is 25.6. The number of carbonyl (C=O) groups excluding carboxylic acids is 2. The van der Waals surface area contributed by atoms with Crippen LogP contribution in [0.4, 0.5) is 0 Å². The SMILES string of the molecule is CN(C)S(=O)(=O)c1cccc(C(=O)NNC(=O)c2cccc3c4c([nH]c23)CCCC4)c1. The first kappa shape index (κ1) is 21.1. The van der Waals surface area contributed by atoms with Gasteiger partial charge < -0.3 is 4.98 Å². The largest absolute Gasteiger partial charge is 0.358 e. The Morgan fingerprint density at radius 2 is 1.68 bits per heavy atom. The summed E-state index contributed by atoms with van der Waals surface area (Å²) >= 11 is 0. The number of rotatable bonds is 4. The lowest BCUT2D eigenvalue weighted by molar-refractivity contribution is 0.0847. The number of amides is 2. The Morgan fingerprint density at radius 3 is 2.45 bits per heavy atom. The van der Waals surface area contributed by atoms with Crippen LogP contribution in [0.2, 0.25) is 0 Å². The summed E-state index contributed by atoms with van der Waals surface area (Å²) in [5.74, 6) is -1.06. The Hall–Kier alpha value is -3.17. The predicted octanol–water partition coefficient (Wildman–Crippen LogP) is 2.37. The second-order valence-electron chi connectivity index (χ2n) is 7.74. The van der Waals surface area contributed by atoms with E-state index in [-0.39, 0.29) is 10.5 Å². The van der Waals surface area contributed by atoms with Crippen molar-refractivity contribution in [2.45, 2.75) is 30.6 Å². The van der Waals surface area contributed by atoms with Crippen LogP contribution < -0.4 is 10.9 Å². The number of nitrogens with one attached hydrogen (secondary N) is 3. The topological polar surface area (TPSA) is 111 Å². The van der Waals surface area contributed by atoms with Crippen LogP contribution in [-0.4, -0.2) is 43.6 Å².